The first-order valence-electron chi connectivity index (χ1n) is 12.8. The lowest BCUT2D eigenvalue weighted by atomic mass is 10.2. The number of halogens is 2. The highest BCUT2D eigenvalue weighted by Gasteiger charge is 2.30. The monoisotopic (exact) mass is 706 g/mol. The van der Waals surface area contributed by atoms with Gasteiger partial charge in [0, 0.05) is 33.6 Å². The molecule has 0 spiro atoms. The second kappa shape index (κ2) is 12.5. The Morgan fingerprint density at radius 3 is 2.32 bits per heavy atom. The van der Waals surface area contributed by atoms with Crippen LogP contribution in [0.3, 0.4) is 0 Å². The molecule has 0 aliphatic heterocycles. The number of hydrogen-bond donors (Lipinski definition) is 1. The number of benzene rings is 2. The highest BCUT2D eigenvalue weighted by molar-refractivity contribution is 9.11. The van der Waals surface area contributed by atoms with Crippen LogP contribution in [0.2, 0.25) is 0 Å². The summed E-state index contributed by atoms with van der Waals surface area (Å²) in [6.07, 6.45) is 1.84. The predicted molar refractivity (Wildman–Crippen MR) is 168 cm³/mol. The van der Waals surface area contributed by atoms with Crippen LogP contribution in [0.15, 0.2) is 74.6 Å². The number of ether oxygens (including phenoxy) is 1. The number of esters is 1. The Bertz CT molecular complexity index is 1630. The second-order valence-electron chi connectivity index (χ2n) is 10.6. The van der Waals surface area contributed by atoms with Gasteiger partial charge in [-0.1, -0.05) is 31.9 Å². The fraction of sp³-hybridized carbons (Fsp3) is 0.321. The molecule has 0 radical (unpaired) electrons. The third kappa shape index (κ3) is 7.85. The van der Waals surface area contributed by atoms with Crippen LogP contribution >= 0.6 is 31.9 Å². The van der Waals surface area contributed by atoms with Crippen LogP contribution in [0.25, 0.3) is 16.7 Å². The number of rotatable bonds is 10. The Morgan fingerprint density at radius 1 is 1.00 bits per heavy atom. The van der Waals surface area contributed by atoms with Gasteiger partial charge in [-0.15, -0.1) is 10.2 Å². The minimum atomic E-state index is -4.15. The lowest BCUT2D eigenvalue weighted by Gasteiger charge is -2.26. The van der Waals surface area contributed by atoms with Crippen LogP contribution in [0, 0.1) is 0 Å². The SMILES string of the molecule is CN(C)CCNc1ccc(-n2ccc3cc(N(CC(=O)OC(C)(C)C)S(=O)(=O)c4cc(Br)cc(Br)c4)ccc32)nn1. The first kappa shape index (κ1) is 30.9. The molecule has 2 aromatic heterocycles. The van der Waals surface area contributed by atoms with E-state index in [9.17, 15) is 13.2 Å². The standard InChI is InChI=1S/C28H32Br2N6O4S/c1-28(2,3)40-27(37)18-36(41(38,39)23-16-20(29)15-21(30)17-23)22-6-7-24-19(14-22)10-12-35(24)26-9-8-25(32-33-26)31-11-13-34(4)5/h6-10,12,14-17H,11,13,18H2,1-5H3,(H,31,32). The van der Waals surface area contributed by atoms with Gasteiger partial charge in [0.15, 0.2) is 5.82 Å². The number of carbonyl (C=O) groups is 1. The van der Waals surface area contributed by atoms with Gasteiger partial charge in [-0.2, -0.15) is 0 Å². The lowest BCUT2D eigenvalue weighted by molar-refractivity contribution is -0.152. The molecule has 2 aromatic carbocycles. The van der Waals surface area contributed by atoms with Crippen molar-refractivity contribution in [2.75, 3.05) is 43.4 Å². The summed E-state index contributed by atoms with van der Waals surface area (Å²) in [6.45, 7) is 6.32. The molecule has 0 amide bonds. The molecule has 2 heterocycles. The number of carbonyl (C=O) groups excluding carboxylic acids is 1. The molecule has 0 saturated carbocycles. The number of hydrogen-bond acceptors (Lipinski definition) is 8. The van der Waals surface area contributed by atoms with Crippen molar-refractivity contribution in [1.29, 1.82) is 0 Å². The Kier molecular flexibility index (Phi) is 9.42. The molecule has 0 bridgehead atoms. The lowest BCUT2D eigenvalue weighted by Crippen LogP contribution is -2.39. The summed E-state index contributed by atoms with van der Waals surface area (Å²) < 4.78 is 37.3. The number of aromatic nitrogens is 3. The fourth-order valence-electron chi connectivity index (χ4n) is 4.05. The van der Waals surface area contributed by atoms with Crippen LogP contribution in [0.1, 0.15) is 20.8 Å². The van der Waals surface area contributed by atoms with Gasteiger partial charge in [-0.25, -0.2) is 8.42 Å². The molecule has 218 valence electrons. The average molecular weight is 708 g/mol. The van der Waals surface area contributed by atoms with Crippen LogP contribution in [-0.4, -0.2) is 73.4 Å². The quantitative estimate of drug-likeness (QED) is 0.217. The number of nitrogens with one attached hydrogen (secondary N) is 1. The van der Waals surface area contributed by atoms with Crippen molar-refractivity contribution in [2.45, 2.75) is 31.3 Å². The van der Waals surface area contributed by atoms with E-state index in [-0.39, 0.29) is 4.90 Å². The van der Waals surface area contributed by atoms with E-state index in [2.05, 4.69) is 52.3 Å². The highest BCUT2D eigenvalue weighted by atomic mass is 79.9. The first-order chi connectivity index (χ1) is 19.2. The normalized spacial score (nSPS) is 12.1. The molecule has 4 rings (SSSR count). The summed E-state index contributed by atoms with van der Waals surface area (Å²) in [5.41, 5.74) is 0.352. The van der Waals surface area contributed by atoms with E-state index < -0.39 is 28.1 Å². The van der Waals surface area contributed by atoms with Gasteiger partial charge in [-0.05, 0) is 89.5 Å². The van der Waals surface area contributed by atoms with Gasteiger partial charge in [0.2, 0.25) is 0 Å². The molecule has 13 heteroatoms. The maximum Gasteiger partial charge on any atom is 0.327 e. The van der Waals surface area contributed by atoms with Crippen molar-refractivity contribution in [2.24, 2.45) is 0 Å². The first-order valence-corrected chi connectivity index (χ1v) is 15.8. The van der Waals surface area contributed by atoms with E-state index in [1.807, 2.05) is 43.1 Å². The maximum absolute atomic E-state index is 13.9. The van der Waals surface area contributed by atoms with Crippen molar-refractivity contribution in [3.63, 3.8) is 0 Å². The summed E-state index contributed by atoms with van der Waals surface area (Å²) in [5.74, 6) is 0.627. The summed E-state index contributed by atoms with van der Waals surface area (Å²) in [6, 6.07) is 15.5. The number of nitrogens with zero attached hydrogens (tertiary/aromatic N) is 5. The van der Waals surface area contributed by atoms with Crippen molar-refractivity contribution in [3.05, 3.63) is 69.7 Å². The minimum Gasteiger partial charge on any atom is -0.459 e. The van der Waals surface area contributed by atoms with Gasteiger partial charge >= 0.3 is 5.97 Å². The van der Waals surface area contributed by atoms with Crippen molar-refractivity contribution >= 4 is 70.3 Å². The van der Waals surface area contributed by atoms with Crippen molar-refractivity contribution in [3.8, 4) is 5.82 Å². The number of fused-ring (bicyclic) bond motifs is 1. The smallest absolute Gasteiger partial charge is 0.327 e. The Labute approximate surface area is 257 Å². The largest absolute Gasteiger partial charge is 0.459 e. The summed E-state index contributed by atoms with van der Waals surface area (Å²) in [5, 5.41) is 12.6. The molecule has 10 nitrogen and oxygen atoms in total. The van der Waals surface area contributed by atoms with Gasteiger partial charge in [0.25, 0.3) is 10.0 Å². The Morgan fingerprint density at radius 2 is 1.71 bits per heavy atom. The third-order valence-electron chi connectivity index (χ3n) is 5.84. The van der Waals surface area contributed by atoms with Gasteiger partial charge in [-0.3, -0.25) is 13.7 Å². The summed E-state index contributed by atoms with van der Waals surface area (Å²) in [4.78, 5) is 15.0. The average Bonchev–Trinajstić information content (AvgIpc) is 3.29. The highest BCUT2D eigenvalue weighted by Crippen LogP contribution is 2.31. The van der Waals surface area contributed by atoms with E-state index in [0.29, 0.717) is 26.3 Å². The van der Waals surface area contributed by atoms with E-state index in [1.54, 1.807) is 45.0 Å². The van der Waals surface area contributed by atoms with E-state index in [4.69, 9.17) is 4.74 Å². The van der Waals surface area contributed by atoms with E-state index in [1.165, 1.54) is 12.1 Å². The molecule has 41 heavy (non-hydrogen) atoms. The van der Waals surface area contributed by atoms with Crippen LogP contribution in [0.4, 0.5) is 11.5 Å². The zero-order valence-corrected chi connectivity index (χ0v) is 27.4. The third-order valence-corrected chi connectivity index (χ3v) is 8.51. The summed E-state index contributed by atoms with van der Waals surface area (Å²) in [7, 11) is -0.139. The maximum atomic E-state index is 13.9. The zero-order valence-electron chi connectivity index (χ0n) is 23.4. The van der Waals surface area contributed by atoms with Crippen molar-refractivity contribution < 1.29 is 17.9 Å². The summed E-state index contributed by atoms with van der Waals surface area (Å²) >= 11 is 6.71. The Balaban J connectivity index is 1.68. The molecule has 0 unspecified atom stereocenters. The second-order valence-corrected chi connectivity index (χ2v) is 14.3. The topological polar surface area (TPSA) is 110 Å². The molecule has 4 aromatic rings. The van der Waals surface area contributed by atoms with Crippen LogP contribution in [-0.2, 0) is 19.6 Å². The zero-order chi connectivity index (χ0) is 29.9. The molecule has 1 N–H and O–H groups in total. The molecular weight excluding hydrogens is 676 g/mol. The molecule has 0 atom stereocenters. The molecule has 0 saturated heterocycles. The molecular formula is C28H32Br2N6O4S. The molecule has 0 fully saturated rings. The molecule has 0 aliphatic rings. The van der Waals surface area contributed by atoms with Gasteiger partial charge in [0.05, 0.1) is 16.1 Å². The van der Waals surface area contributed by atoms with Crippen molar-refractivity contribution in [1.82, 2.24) is 19.7 Å². The molecule has 0 aliphatic carbocycles. The van der Waals surface area contributed by atoms with Crippen LogP contribution < -0.4 is 9.62 Å². The number of sulfonamides is 1. The van der Waals surface area contributed by atoms with E-state index in [0.717, 1.165) is 28.3 Å². The van der Waals surface area contributed by atoms with Gasteiger partial charge in [0.1, 0.15) is 18.0 Å². The fourth-order valence-corrected chi connectivity index (χ4v) is 7.12. The van der Waals surface area contributed by atoms with Crippen LogP contribution in [0.5, 0.6) is 0 Å². The number of anilines is 2. The minimum absolute atomic E-state index is 0.0227. The Hall–Kier alpha value is -3.00. The van der Waals surface area contributed by atoms with Gasteiger partial charge < -0.3 is 15.0 Å². The number of likely N-dealkylation sites (N-methyl/N-ethyl adjacent to an activating group) is 1. The van der Waals surface area contributed by atoms with E-state index >= 15 is 0 Å². The predicted octanol–water partition coefficient (Wildman–Crippen LogP) is 5.46.